The number of likely N-dealkylation sites (N-methyl/N-ethyl adjacent to an activating group) is 1. The molecule has 2 aromatic carbocycles. The van der Waals surface area contributed by atoms with E-state index < -0.39 is 36.0 Å². The number of nitrogens with zero attached hydrogens (tertiary/aromatic N) is 2. The number of carbonyl (C=O) groups is 5. The molecule has 2 heterocycles. The minimum atomic E-state index is -0.694. The molecular weight excluding hydrogens is 738 g/mol. The Hall–Kier alpha value is -4.34. The lowest BCUT2D eigenvalue weighted by atomic mass is 10.0. The first-order valence-corrected chi connectivity index (χ1v) is 18.7. The maximum absolute atomic E-state index is 13.9. The van der Waals surface area contributed by atoms with E-state index in [0.717, 1.165) is 15.7 Å². The summed E-state index contributed by atoms with van der Waals surface area (Å²) in [6, 6.07) is 9.99. The number of hydrogen-bond donors (Lipinski definition) is 5. The van der Waals surface area contributed by atoms with Crippen molar-refractivity contribution in [2.45, 2.75) is 71.6 Å². The topological polar surface area (TPSA) is 171 Å². The number of carbonyl (C=O) groups excluding carboxylic acids is 5. The van der Waals surface area contributed by atoms with Gasteiger partial charge in [-0.2, -0.15) is 0 Å². The van der Waals surface area contributed by atoms with Gasteiger partial charge in [-0.1, -0.05) is 41.9 Å². The Labute approximate surface area is 310 Å². The van der Waals surface area contributed by atoms with Crippen LogP contribution in [0.1, 0.15) is 79.1 Å². The number of rotatable bonds is 16. The molecule has 0 unspecified atom stereocenters. The van der Waals surface area contributed by atoms with Crippen LogP contribution in [0.3, 0.4) is 0 Å². The molecular formula is C36H46BrN7O6S. The third-order valence-electron chi connectivity index (χ3n) is 8.38. The van der Waals surface area contributed by atoms with Crippen molar-refractivity contribution >= 4 is 62.7 Å². The Morgan fingerprint density at radius 2 is 1.65 bits per heavy atom. The lowest BCUT2D eigenvalue weighted by Crippen LogP contribution is -2.55. The van der Waals surface area contributed by atoms with Crippen LogP contribution >= 0.6 is 27.3 Å². The first kappa shape index (κ1) is 39.4. The second kappa shape index (κ2) is 18.8. The highest BCUT2D eigenvalue weighted by atomic mass is 79.9. The van der Waals surface area contributed by atoms with Crippen LogP contribution in [0.15, 0.2) is 57.8 Å². The average Bonchev–Trinajstić information content (AvgIpc) is 3.62. The van der Waals surface area contributed by atoms with Crippen molar-refractivity contribution in [3.8, 4) is 0 Å². The van der Waals surface area contributed by atoms with Crippen LogP contribution in [-0.4, -0.2) is 79.1 Å². The number of halogens is 1. The molecule has 1 aliphatic rings. The molecule has 51 heavy (non-hydrogen) atoms. The van der Waals surface area contributed by atoms with E-state index in [2.05, 4.69) is 47.5 Å². The number of amides is 5. The van der Waals surface area contributed by atoms with E-state index in [1.54, 1.807) is 24.6 Å². The van der Waals surface area contributed by atoms with E-state index >= 15 is 0 Å². The van der Waals surface area contributed by atoms with Crippen molar-refractivity contribution in [1.82, 2.24) is 31.6 Å². The maximum atomic E-state index is 13.9. The second-order valence-electron chi connectivity index (χ2n) is 12.7. The van der Waals surface area contributed by atoms with Gasteiger partial charge in [0, 0.05) is 58.8 Å². The molecule has 5 N–H and O–H groups in total. The van der Waals surface area contributed by atoms with Crippen LogP contribution in [0.4, 0.5) is 10.5 Å². The second-order valence-corrected chi connectivity index (χ2v) is 14.4. The van der Waals surface area contributed by atoms with Crippen molar-refractivity contribution in [2.75, 3.05) is 31.1 Å². The quantitative estimate of drug-likeness (QED) is 0.143. The Bertz CT molecular complexity index is 1670. The molecule has 4 atom stereocenters. The number of hydrogen-bond acceptors (Lipinski definition) is 9. The Morgan fingerprint density at radius 1 is 0.961 bits per heavy atom. The van der Waals surface area contributed by atoms with Gasteiger partial charge in [-0.05, 0) is 69.0 Å². The van der Waals surface area contributed by atoms with E-state index in [-0.39, 0.29) is 41.4 Å². The summed E-state index contributed by atoms with van der Waals surface area (Å²) >= 11 is 4.85. The number of nitrogens with one attached hydrogen (secondary N) is 5. The van der Waals surface area contributed by atoms with Crippen LogP contribution in [0, 0.1) is 5.92 Å². The van der Waals surface area contributed by atoms with Gasteiger partial charge in [0.05, 0.1) is 29.9 Å². The first-order valence-electron chi connectivity index (χ1n) is 17.0. The first-order chi connectivity index (χ1) is 24.4. The molecule has 3 aromatic rings. The number of aromatic nitrogens is 1. The van der Waals surface area contributed by atoms with Gasteiger partial charge in [0.2, 0.25) is 11.8 Å². The Morgan fingerprint density at radius 3 is 2.25 bits per heavy atom. The monoisotopic (exact) mass is 783 g/mol. The summed E-state index contributed by atoms with van der Waals surface area (Å²) in [7, 11) is 0. The largest absolute Gasteiger partial charge is 0.449 e. The average molecular weight is 785 g/mol. The van der Waals surface area contributed by atoms with Crippen molar-refractivity contribution in [3.63, 3.8) is 0 Å². The van der Waals surface area contributed by atoms with Crippen LogP contribution < -0.4 is 31.5 Å². The minimum absolute atomic E-state index is 0.122. The summed E-state index contributed by atoms with van der Waals surface area (Å²) in [6.07, 6.45) is 0.400. The number of thiazole rings is 1. The Kier molecular flexibility index (Phi) is 14.5. The number of anilines is 1. The third kappa shape index (κ3) is 11.3. The standard InChI is InChI=1S/C36H46BrN7O6S/c1-6-38-35(48)31(21(2)3)43-32(45)23(5)39-18-28(17-29-19-51-20-40-29)42-34(47)26-14-25(15-30(16-26)44-12-7-13-50-36(44)49)33(46)41-22(4)24-8-10-27(37)11-9-24/h8-11,14-16,19-23,28,31,39H,6-7,12-13,17-18H2,1-5H3,(H,38,48)(H,41,46)(H,42,47)(H,43,45)/t22-,23+,28+,31+/m1/s1. The van der Waals surface area contributed by atoms with Crippen LogP contribution in [0.2, 0.25) is 0 Å². The van der Waals surface area contributed by atoms with Gasteiger partial charge in [0.1, 0.15) is 6.04 Å². The Balaban J connectivity index is 1.54. The SMILES string of the molecule is CCNC(=O)[C@@H](NC(=O)[C@H](C)NC[C@H](Cc1cscn1)NC(=O)c1cc(C(=O)N[C@H](C)c2ccc(Br)cc2)cc(N2CCCOC2=O)c1)C(C)C. The summed E-state index contributed by atoms with van der Waals surface area (Å²) in [5.74, 6) is -1.62. The highest BCUT2D eigenvalue weighted by Crippen LogP contribution is 2.24. The zero-order valence-corrected chi connectivity index (χ0v) is 31.9. The molecule has 274 valence electrons. The summed E-state index contributed by atoms with van der Waals surface area (Å²) in [4.78, 5) is 71.7. The van der Waals surface area contributed by atoms with Gasteiger partial charge in [0.15, 0.2) is 0 Å². The molecule has 0 bridgehead atoms. The van der Waals surface area contributed by atoms with E-state index in [1.165, 1.54) is 22.3 Å². The van der Waals surface area contributed by atoms with Gasteiger partial charge in [-0.15, -0.1) is 11.3 Å². The zero-order chi connectivity index (χ0) is 37.1. The van der Waals surface area contributed by atoms with E-state index in [0.29, 0.717) is 38.2 Å². The highest BCUT2D eigenvalue weighted by molar-refractivity contribution is 9.10. The predicted octanol–water partition coefficient (Wildman–Crippen LogP) is 4.34. The lowest BCUT2D eigenvalue weighted by Gasteiger charge is -2.27. The molecule has 1 aliphatic heterocycles. The lowest BCUT2D eigenvalue weighted by molar-refractivity contribution is -0.130. The van der Waals surface area contributed by atoms with Gasteiger partial charge in [-0.3, -0.25) is 24.1 Å². The third-order valence-corrected chi connectivity index (χ3v) is 9.54. The molecule has 1 aromatic heterocycles. The maximum Gasteiger partial charge on any atom is 0.414 e. The van der Waals surface area contributed by atoms with Gasteiger partial charge >= 0.3 is 6.09 Å². The summed E-state index contributed by atoms with van der Waals surface area (Å²) < 4.78 is 6.17. The number of cyclic esters (lactones) is 1. The molecule has 1 saturated heterocycles. The number of ether oxygens (including phenoxy) is 1. The zero-order valence-electron chi connectivity index (χ0n) is 29.5. The van der Waals surface area contributed by atoms with Gasteiger partial charge in [0.25, 0.3) is 11.8 Å². The molecule has 0 saturated carbocycles. The minimum Gasteiger partial charge on any atom is -0.449 e. The fourth-order valence-electron chi connectivity index (χ4n) is 5.47. The predicted molar refractivity (Wildman–Crippen MR) is 200 cm³/mol. The van der Waals surface area contributed by atoms with Gasteiger partial charge < -0.3 is 31.3 Å². The van der Waals surface area contributed by atoms with E-state index in [9.17, 15) is 24.0 Å². The molecule has 0 spiro atoms. The smallest absolute Gasteiger partial charge is 0.414 e. The van der Waals surface area contributed by atoms with Crippen molar-refractivity contribution in [2.24, 2.45) is 5.92 Å². The van der Waals surface area contributed by atoms with Crippen LogP contribution in [0.25, 0.3) is 0 Å². The highest BCUT2D eigenvalue weighted by Gasteiger charge is 2.28. The van der Waals surface area contributed by atoms with E-state index in [4.69, 9.17) is 4.74 Å². The fourth-order valence-corrected chi connectivity index (χ4v) is 6.31. The molecule has 5 amide bonds. The molecule has 0 aliphatic carbocycles. The summed E-state index contributed by atoms with van der Waals surface area (Å²) in [5, 5.41) is 16.7. The summed E-state index contributed by atoms with van der Waals surface area (Å²) in [6.45, 7) is 10.4. The fraction of sp³-hybridized carbons (Fsp3) is 0.444. The molecule has 15 heteroatoms. The van der Waals surface area contributed by atoms with Crippen LogP contribution in [0.5, 0.6) is 0 Å². The van der Waals surface area contributed by atoms with Crippen LogP contribution in [-0.2, 0) is 20.7 Å². The van der Waals surface area contributed by atoms with Crippen molar-refractivity contribution in [3.05, 3.63) is 80.2 Å². The summed E-state index contributed by atoms with van der Waals surface area (Å²) in [5.41, 5.74) is 4.08. The van der Waals surface area contributed by atoms with Gasteiger partial charge in [-0.25, -0.2) is 9.78 Å². The van der Waals surface area contributed by atoms with Crippen molar-refractivity contribution in [1.29, 1.82) is 0 Å². The normalized spacial score (nSPS) is 15.3. The number of benzene rings is 2. The molecule has 13 nitrogen and oxygen atoms in total. The van der Waals surface area contributed by atoms with E-state index in [1.807, 2.05) is 57.3 Å². The molecule has 1 fully saturated rings. The molecule has 4 rings (SSSR count). The van der Waals surface area contributed by atoms with Crippen molar-refractivity contribution < 1.29 is 28.7 Å². The molecule has 0 radical (unpaired) electrons.